The van der Waals surface area contributed by atoms with E-state index in [-0.39, 0.29) is 18.3 Å². The van der Waals surface area contributed by atoms with Crippen LogP contribution in [0.1, 0.15) is 16.1 Å². The van der Waals surface area contributed by atoms with E-state index >= 15 is 0 Å². The van der Waals surface area contributed by atoms with E-state index in [1.54, 1.807) is 18.2 Å². The van der Waals surface area contributed by atoms with Crippen LogP contribution < -0.4 is 14.2 Å². The molecule has 0 saturated carbocycles. The van der Waals surface area contributed by atoms with Gasteiger partial charge in [-0.1, -0.05) is 0 Å². The number of ether oxygens (including phenoxy) is 3. The molecule has 0 spiro atoms. The van der Waals surface area contributed by atoms with Crippen LogP contribution in [0, 0.1) is 0 Å². The molecule has 2 heterocycles. The highest BCUT2D eigenvalue weighted by molar-refractivity contribution is 6.07. The van der Waals surface area contributed by atoms with Crippen molar-refractivity contribution in [2.75, 3.05) is 13.9 Å². The van der Waals surface area contributed by atoms with Crippen LogP contribution in [0.25, 0.3) is 17.3 Å². The van der Waals surface area contributed by atoms with Crippen molar-refractivity contribution >= 4 is 11.9 Å². The third-order valence-corrected chi connectivity index (χ3v) is 4.14. The summed E-state index contributed by atoms with van der Waals surface area (Å²) in [6, 6.07) is 11.9. The van der Waals surface area contributed by atoms with Gasteiger partial charge in [0.1, 0.15) is 0 Å². The summed E-state index contributed by atoms with van der Waals surface area (Å²) in [6.07, 6.45) is 3.05. The summed E-state index contributed by atoms with van der Waals surface area (Å²) in [5, 5.41) is 16.9. The summed E-state index contributed by atoms with van der Waals surface area (Å²) in [6.45, 7) is 0.219. The van der Waals surface area contributed by atoms with E-state index < -0.39 is 0 Å². The average Bonchev–Trinajstić information content (AvgIpc) is 3.34. The maximum Gasteiger partial charge on any atom is 0.231 e. The van der Waals surface area contributed by atoms with Gasteiger partial charge in [-0.3, -0.25) is 9.89 Å². The zero-order valence-electron chi connectivity index (χ0n) is 14.4. The van der Waals surface area contributed by atoms with Gasteiger partial charge in [0.15, 0.2) is 28.8 Å². The van der Waals surface area contributed by atoms with Crippen LogP contribution in [-0.2, 0) is 0 Å². The number of allylic oxidation sites excluding steroid dienone is 1. The Bertz CT molecular complexity index is 1040. The topological polar surface area (TPSA) is 93.7 Å². The summed E-state index contributed by atoms with van der Waals surface area (Å²) >= 11 is 0. The smallest absolute Gasteiger partial charge is 0.231 e. The van der Waals surface area contributed by atoms with Crippen molar-refractivity contribution in [3.63, 3.8) is 0 Å². The fourth-order valence-corrected chi connectivity index (χ4v) is 2.73. The maximum atomic E-state index is 12.3. The number of nitrogens with zero attached hydrogens (tertiary/aromatic N) is 1. The second-order valence-electron chi connectivity index (χ2n) is 5.86. The van der Waals surface area contributed by atoms with Crippen LogP contribution in [0.5, 0.6) is 23.0 Å². The number of H-pyrrole nitrogens is 1. The van der Waals surface area contributed by atoms with E-state index in [0.29, 0.717) is 28.5 Å². The molecule has 27 heavy (non-hydrogen) atoms. The Kier molecular flexibility index (Phi) is 4.25. The van der Waals surface area contributed by atoms with Crippen molar-refractivity contribution in [2.24, 2.45) is 0 Å². The van der Waals surface area contributed by atoms with Gasteiger partial charge in [-0.05, 0) is 54.6 Å². The maximum absolute atomic E-state index is 12.3. The van der Waals surface area contributed by atoms with E-state index in [9.17, 15) is 9.90 Å². The lowest BCUT2D eigenvalue weighted by Gasteiger charge is -2.03. The van der Waals surface area contributed by atoms with Crippen molar-refractivity contribution in [2.45, 2.75) is 0 Å². The first-order chi connectivity index (χ1) is 13.1. The largest absolute Gasteiger partial charge is 0.504 e. The Labute approximate surface area is 154 Å². The van der Waals surface area contributed by atoms with E-state index in [2.05, 4.69) is 10.2 Å². The molecule has 0 atom stereocenters. The molecule has 0 unspecified atom stereocenters. The molecule has 7 heteroatoms. The number of fused-ring (bicyclic) bond motifs is 1. The van der Waals surface area contributed by atoms with E-state index in [1.165, 1.54) is 19.3 Å². The fourth-order valence-electron chi connectivity index (χ4n) is 2.73. The Morgan fingerprint density at radius 1 is 1.19 bits per heavy atom. The van der Waals surface area contributed by atoms with Gasteiger partial charge in [0.25, 0.3) is 0 Å². The minimum Gasteiger partial charge on any atom is -0.504 e. The van der Waals surface area contributed by atoms with Crippen LogP contribution >= 0.6 is 0 Å². The van der Waals surface area contributed by atoms with Gasteiger partial charge < -0.3 is 19.3 Å². The highest BCUT2D eigenvalue weighted by atomic mass is 16.7. The molecule has 1 aliphatic rings. The second-order valence-corrected chi connectivity index (χ2v) is 5.86. The van der Waals surface area contributed by atoms with Gasteiger partial charge >= 0.3 is 0 Å². The summed E-state index contributed by atoms with van der Waals surface area (Å²) in [7, 11) is 1.45. The van der Waals surface area contributed by atoms with E-state index in [0.717, 1.165) is 11.3 Å². The Morgan fingerprint density at radius 3 is 2.85 bits per heavy atom. The summed E-state index contributed by atoms with van der Waals surface area (Å²) in [5.41, 5.74) is 2.64. The first kappa shape index (κ1) is 16.7. The van der Waals surface area contributed by atoms with Crippen LogP contribution in [0.15, 0.2) is 48.5 Å². The molecule has 136 valence electrons. The second kappa shape index (κ2) is 6.87. The molecular weight excluding hydrogens is 348 g/mol. The van der Waals surface area contributed by atoms with Crippen molar-refractivity contribution in [1.29, 1.82) is 0 Å². The van der Waals surface area contributed by atoms with Gasteiger partial charge in [0.2, 0.25) is 6.79 Å². The van der Waals surface area contributed by atoms with Crippen molar-refractivity contribution in [1.82, 2.24) is 10.2 Å². The van der Waals surface area contributed by atoms with Crippen LogP contribution in [0.4, 0.5) is 0 Å². The molecule has 1 aromatic heterocycles. The molecule has 0 bridgehead atoms. The average molecular weight is 364 g/mol. The number of phenolic OH excluding ortho intramolecular Hbond substituents is 1. The number of aromatic nitrogens is 2. The lowest BCUT2D eigenvalue weighted by Crippen LogP contribution is -1.94. The molecule has 0 amide bonds. The zero-order valence-corrected chi connectivity index (χ0v) is 14.4. The highest BCUT2D eigenvalue weighted by Crippen LogP contribution is 2.35. The van der Waals surface area contributed by atoms with E-state index in [1.807, 2.05) is 24.3 Å². The SMILES string of the molecule is COc1ccc(C(=O)/C=C/c2cc(-c3ccc4c(c3)OCO4)n[nH]2)cc1O. The number of rotatable bonds is 5. The predicted molar refractivity (Wildman–Crippen MR) is 98.2 cm³/mol. The molecule has 1 aliphatic heterocycles. The molecule has 0 fully saturated rings. The van der Waals surface area contributed by atoms with Crippen molar-refractivity contribution < 1.29 is 24.1 Å². The Hall–Kier alpha value is -3.74. The van der Waals surface area contributed by atoms with Crippen LogP contribution in [-0.4, -0.2) is 35.0 Å². The number of hydrogen-bond donors (Lipinski definition) is 2. The standard InChI is InChI=1S/C20H16N2O5/c1-25-18-6-3-13(8-17(18)24)16(23)5-4-14-10-15(22-21-14)12-2-7-19-20(9-12)27-11-26-19/h2-10,24H,11H2,1H3,(H,21,22)/b5-4+. The third kappa shape index (κ3) is 3.35. The normalized spacial score (nSPS) is 12.5. The van der Waals surface area contributed by atoms with Crippen LogP contribution in [0.3, 0.4) is 0 Å². The molecule has 3 aromatic rings. The highest BCUT2D eigenvalue weighted by Gasteiger charge is 2.15. The molecule has 4 rings (SSSR count). The zero-order chi connectivity index (χ0) is 18.8. The predicted octanol–water partition coefficient (Wildman–Crippen LogP) is 3.42. The number of hydrogen-bond acceptors (Lipinski definition) is 6. The van der Waals surface area contributed by atoms with Crippen LogP contribution in [0.2, 0.25) is 0 Å². The summed E-state index contributed by atoms with van der Waals surface area (Å²) < 4.78 is 15.6. The van der Waals surface area contributed by atoms with Gasteiger partial charge in [0, 0.05) is 11.1 Å². The number of methoxy groups -OCH3 is 1. The molecule has 2 aromatic carbocycles. The number of carbonyl (C=O) groups excluding carboxylic acids is 1. The molecular formula is C20H16N2O5. The van der Waals surface area contributed by atoms with Gasteiger partial charge in [-0.25, -0.2) is 0 Å². The monoisotopic (exact) mass is 364 g/mol. The van der Waals surface area contributed by atoms with Gasteiger partial charge in [-0.15, -0.1) is 0 Å². The number of phenols is 1. The first-order valence-electron chi connectivity index (χ1n) is 8.19. The minimum atomic E-state index is -0.243. The van der Waals surface area contributed by atoms with Gasteiger partial charge in [0.05, 0.1) is 18.5 Å². The van der Waals surface area contributed by atoms with Crippen molar-refractivity contribution in [3.05, 3.63) is 59.8 Å². The Balaban J connectivity index is 1.50. The first-order valence-corrected chi connectivity index (χ1v) is 8.19. The minimum absolute atomic E-state index is 0.0802. The molecule has 0 radical (unpaired) electrons. The van der Waals surface area contributed by atoms with Gasteiger partial charge in [-0.2, -0.15) is 5.10 Å². The lowest BCUT2D eigenvalue weighted by atomic mass is 10.1. The molecule has 0 aliphatic carbocycles. The van der Waals surface area contributed by atoms with E-state index in [4.69, 9.17) is 14.2 Å². The summed E-state index contributed by atoms with van der Waals surface area (Å²) in [5.74, 6) is 1.39. The Morgan fingerprint density at radius 2 is 2.04 bits per heavy atom. The summed E-state index contributed by atoms with van der Waals surface area (Å²) in [4.78, 5) is 12.3. The number of aromatic hydroxyl groups is 1. The number of carbonyl (C=O) groups is 1. The molecule has 2 N–H and O–H groups in total. The fraction of sp³-hybridized carbons (Fsp3) is 0.100. The molecule has 7 nitrogen and oxygen atoms in total. The number of aromatic amines is 1. The number of benzene rings is 2. The number of nitrogens with one attached hydrogen (secondary N) is 1. The molecule has 0 saturated heterocycles. The lowest BCUT2D eigenvalue weighted by molar-refractivity contribution is 0.104. The third-order valence-electron chi connectivity index (χ3n) is 4.14. The number of ketones is 1. The van der Waals surface area contributed by atoms with Crippen molar-refractivity contribution in [3.8, 4) is 34.3 Å². The quantitative estimate of drug-likeness (QED) is 0.532.